The maximum absolute atomic E-state index is 11.3. The number of pyridine rings is 1. The van der Waals surface area contributed by atoms with Gasteiger partial charge in [0.05, 0.1) is 6.04 Å². The fraction of sp³-hybridized carbons (Fsp3) is 0.375. The average Bonchev–Trinajstić information content (AvgIpc) is 2.53. The maximum Gasteiger partial charge on any atom is 0.407 e. The molecule has 5 heteroatoms. The third kappa shape index (κ3) is 2.91. The van der Waals surface area contributed by atoms with Crippen LogP contribution < -0.4 is 5.32 Å². The van der Waals surface area contributed by atoms with Crippen molar-refractivity contribution < 1.29 is 9.90 Å². The van der Waals surface area contributed by atoms with Crippen molar-refractivity contribution >= 4 is 22.7 Å². The highest BCUT2D eigenvalue weighted by Crippen LogP contribution is 2.22. The van der Waals surface area contributed by atoms with Crippen molar-refractivity contribution in [3.8, 4) is 0 Å². The van der Waals surface area contributed by atoms with E-state index in [0.29, 0.717) is 13.1 Å². The van der Waals surface area contributed by atoms with Crippen LogP contribution in [-0.2, 0) is 0 Å². The molecule has 1 fully saturated rings. The van der Waals surface area contributed by atoms with Crippen molar-refractivity contribution in [1.29, 1.82) is 0 Å². The molecule has 0 spiro atoms. The number of anilines is 1. The van der Waals surface area contributed by atoms with E-state index in [1.807, 2.05) is 30.3 Å². The lowest BCUT2D eigenvalue weighted by Gasteiger charge is -2.33. The Kier molecular flexibility index (Phi) is 3.90. The summed E-state index contributed by atoms with van der Waals surface area (Å²) < 4.78 is 0. The predicted molar refractivity (Wildman–Crippen MR) is 82.6 cm³/mol. The molecule has 1 amide bonds. The van der Waals surface area contributed by atoms with Crippen molar-refractivity contribution in [2.24, 2.45) is 0 Å². The molecule has 0 unspecified atom stereocenters. The first-order chi connectivity index (χ1) is 10.3. The predicted octanol–water partition coefficient (Wildman–Crippen LogP) is 3.18. The number of nitrogens with one attached hydrogen (secondary N) is 1. The van der Waals surface area contributed by atoms with Gasteiger partial charge in [-0.05, 0) is 30.7 Å². The number of hydrogen-bond donors (Lipinski definition) is 2. The van der Waals surface area contributed by atoms with E-state index in [-0.39, 0.29) is 6.04 Å². The second-order valence-electron chi connectivity index (χ2n) is 5.39. The first-order valence-electron chi connectivity index (χ1n) is 7.33. The van der Waals surface area contributed by atoms with Crippen LogP contribution in [-0.4, -0.2) is 40.2 Å². The van der Waals surface area contributed by atoms with E-state index in [9.17, 15) is 9.90 Å². The minimum absolute atomic E-state index is 0.0250. The van der Waals surface area contributed by atoms with E-state index >= 15 is 0 Å². The number of piperidine rings is 1. The van der Waals surface area contributed by atoms with E-state index < -0.39 is 6.09 Å². The SMILES string of the molecule is O=C(O)N1CCCC[C@H]1CNc1nccc2ccccc12. The molecule has 0 radical (unpaired) electrons. The highest BCUT2D eigenvalue weighted by Gasteiger charge is 2.26. The summed E-state index contributed by atoms with van der Waals surface area (Å²) in [7, 11) is 0. The third-order valence-electron chi connectivity index (χ3n) is 4.05. The Bertz CT molecular complexity index is 639. The fourth-order valence-electron chi connectivity index (χ4n) is 2.94. The zero-order chi connectivity index (χ0) is 14.7. The monoisotopic (exact) mass is 285 g/mol. The molecule has 2 heterocycles. The Morgan fingerprint density at radius 3 is 3.05 bits per heavy atom. The fourth-order valence-corrected chi connectivity index (χ4v) is 2.94. The van der Waals surface area contributed by atoms with Crippen molar-refractivity contribution in [2.75, 3.05) is 18.4 Å². The van der Waals surface area contributed by atoms with Gasteiger partial charge in [0.25, 0.3) is 0 Å². The van der Waals surface area contributed by atoms with Gasteiger partial charge in [-0.15, -0.1) is 0 Å². The van der Waals surface area contributed by atoms with Gasteiger partial charge in [-0.25, -0.2) is 9.78 Å². The van der Waals surface area contributed by atoms with Crippen LogP contribution in [0.1, 0.15) is 19.3 Å². The molecule has 1 aromatic heterocycles. The van der Waals surface area contributed by atoms with Crippen LogP contribution in [0.2, 0.25) is 0 Å². The lowest BCUT2D eigenvalue weighted by molar-refractivity contribution is 0.110. The molecule has 1 saturated heterocycles. The number of nitrogens with zero attached hydrogens (tertiary/aromatic N) is 2. The van der Waals surface area contributed by atoms with Crippen LogP contribution in [0.25, 0.3) is 10.8 Å². The molecule has 1 atom stereocenters. The van der Waals surface area contributed by atoms with Gasteiger partial charge < -0.3 is 15.3 Å². The summed E-state index contributed by atoms with van der Waals surface area (Å²) in [5.74, 6) is 0.823. The van der Waals surface area contributed by atoms with Gasteiger partial charge in [0.1, 0.15) is 5.82 Å². The van der Waals surface area contributed by atoms with E-state index in [1.54, 1.807) is 11.1 Å². The zero-order valence-electron chi connectivity index (χ0n) is 11.8. The molecule has 1 aliphatic rings. The second kappa shape index (κ2) is 5.99. The number of amides is 1. The minimum Gasteiger partial charge on any atom is -0.465 e. The molecule has 0 bridgehead atoms. The number of fused-ring (bicyclic) bond motifs is 1. The van der Waals surface area contributed by atoms with E-state index in [2.05, 4.69) is 10.3 Å². The molecular weight excluding hydrogens is 266 g/mol. The van der Waals surface area contributed by atoms with Crippen LogP contribution in [0.15, 0.2) is 36.5 Å². The summed E-state index contributed by atoms with van der Waals surface area (Å²) in [6.45, 7) is 1.23. The molecular formula is C16H19N3O2. The van der Waals surface area contributed by atoms with Gasteiger partial charge >= 0.3 is 6.09 Å². The summed E-state index contributed by atoms with van der Waals surface area (Å²) in [5, 5.41) is 14.8. The topological polar surface area (TPSA) is 65.5 Å². The van der Waals surface area contributed by atoms with Crippen molar-refractivity contribution in [1.82, 2.24) is 9.88 Å². The minimum atomic E-state index is -0.827. The first kappa shape index (κ1) is 13.7. The van der Waals surface area contributed by atoms with Gasteiger partial charge in [0, 0.05) is 24.7 Å². The molecule has 21 heavy (non-hydrogen) atoms. The lowest BCUT2D eigenvalue weighted by Crippen LogP contribution is -2.46. The molecule has 0 saturated carbocycles. The van der Waals surface area contributed by atoms with E-state index in [0.717, 1.165) is 35.9 Å². The third-order valence-corrected chi connectivity index (χ3v) is 4.05. The van der Waals surface area contributed by atoms with Crippen LogP contribution in [0.3, 0.4) is 0 Å². The van der Waals surface area contributed by atoms with Crippen LogP contribution in [0.4, 0.5) is 10.6 Å². The van der Waals surface area contributed by atoms with Crippen molar-refractivity contribution in [3.63, 3.8) is 0 Å². The Labute approximate surface area is 123 Å². The van der Waals surface area contributed by atoms with Crippen molar-refractivity contribution in [2.45, 2.75) is 25.3 Å². The highest BCUT2D eigenvalue weighted by atomic mass is 16.4. The van der Waals surface area contributed by atoms with Crippen LogP contribution in [0, 0.1) is 0 Å². The molecule has 2 aromatic rings. The molecule has 0 aliphatic carbocycles. The molecule has 110 valence electrons. The average molecular weight is 285 g/mol. The van der Waals surface area contributed by atoms with Crippen LogP contribution in [0.5, 0.6) is 0 Å². The smallest absolute Gasteiger partial charge is 0.407 e. The van der Waals surface area contributed by atoms with Gasteiger partial charge in [-0.3, -0.25) is 0 Å². The molecule has 3 rings (SSSR count). The molecule has 1 aromatic carbocycles. The number of aromatic nitrogens is 1. The Hall–Kier alpha value is -2.30. The number of carboxylic acid groups (broad SMARTS) is 1. The Balaban J connectivity index is 1.75. The number of likely N-dealkylation sites (tertiary alicyclic amines) is 1. The zero-order valence-corrected chi connectivity index (χ0v) is 11.8. The molecule has 1 aliphatic heterocycles. The summed E-state index contributed by atoms with van der Waals surface area (Å²) in [5.41, 5.74) is 0. The number of rotatable bonds is 3. The maximum atomic E-state index is 11.3. The number of benzene rings is 1. The highest BCUT2D eigenvalue weighted by molar-refractivity contribution is 5.91. The summed E-state index contributed by atoms with van der Waals surface area (Å²) in [6, 6.07) is 10.1. The van der Waals surface area contributed by atoms with E-state index in [4.69, 9.17) is 0 Å². The van der Waals surface area contributed by atoms with Gasteiger partial charge in [-0.1, -0.05) is 24.3 Å². The number of hydrogen-bond acceptors (Lipinski definition) is 3. The van der Waals surface area contributed by atoms with Gasteiger partial charge in [-0.2, -0.15) is 0 Å². The summed E-state index contributed by atoms with van der Waals surface area (Å²) >= 11 is 0. The summed E-state index contributed by atoms with van der Waals surface area (Å²) in [6.07, 6.45) is 3.89. The Morgan fingerprint density at radius 2 is 2.19 bits per heavy atom. The normalized spacial score (nSPS) is 18.7. The summed E-state index contributed by atoms with van der Waals surface area (Å²) in [4.78, 5) is 17.2. The standard InChI is InChI=1S/C16H19N3O2/c20-16(21)19-10-4-3-6-13(19)11-18-15-14-7-2-1-5-12(14)8-9-17-15/h1-2,5,7-9,13H,3-4,6,10-11H2,(H,17,18)(H,20,21)/t13-/m0/s1. The quantitative estimate of drug-likeness (QED) is 0.909. The van der Waals surface area contributed by atoms with E-state index in [1.165, 1.54) is 0 Å². The first-order valence-corrected chi connectivity index (χ1v) is 7.33. The number of carbonyl (C=O) groups is 1. The molecule has 2 N–H and O–H groups in total. The largest absolute Gasteiger partial charge is 0.465 e. The lowest BCUT2D eigenvalue weighted by atomic mass is 10.0. The van der Waals surface area contributed by atoms with Gasteiger partial charge in [0.15, 0.2) is 0 Å². The van der Waals surface area contributed by atoms with Crippen LogP contribution >= 0.6 is 0 Å². The Morgan fingerprint density at radius 1 is 1.33 bits per heavy atom. The second-order valence-corrected chi connectivity index (χ2v) is 5.39. The van der Waals surface area contributed by atoms with Crippen molar-refractivity contribution in [3.05, 3.63) is 36.5 Å². The molecule has 5 nitrogen and oxygen atoms in total. The van der Waals surface area contributed by atoms with Gasteiger partial charge in [0.2, 0.25) is 0 Å².